The van der Waals surface area contributed by atoms with Crippen molar-refractivity contribution < 1.29 is 14.6 Å². The molecular formula is C29H33ClN8O3. The van der Waals surface area contributed by atoms with E-state index in [1.807, 2.05) is 13.8 Å². The maximum Gasteiger partial charge on any atom is 0.271 e. The van der Waals surface area contributed by atoms with Crippen LogP contribution in [0.5, 0.6) is 5.75 Å². The monoisotopic (exact) mass is 576 g/mol. The van der Waals surface area contributed by atoms with E-state index in [-0.39, 0.29) is 18.2 Å². The number of nitrogens with one attached hydrogen (secondary N) is 1. The van der Waals surface area contributed by atoms with Gasteiger partial charge in [-0.2, -0.15) is 10.4 Å². The molecule has 0 spiro atoms. The number of amidine groups is 1. The van der Waals surface area contributed by atoms with Gasteiger partial charge in [-0.05, 0) is 65.5 Å². The van der Waals surface area contributed by atoms with Crippen molar-refractivity contribution in [1.82, 2.24) is 24.8 Å². The summed E-state index contributed by atoms with van der Waals surface area (Å²) < 4.78 is 7.33. The molecule has 1 saturated heterocycles. The SMILES string of the molecule is C=N/C(=C\N=C(/C)N1CCC(C)(NC(=O)c2ncccc2Cl)CC1)c1cc(OCC(C)(C)O)cn2ncc(C#N)c12. The number of likely N-dealkylation sites (tertiary alicyclic amines) is 1. The van der Waals surface area contributed by atoms with Crippen molar-refractivity contribution in [3.05, 3.63) is 64.8 Å². The minimum absolute atomic E-state index is 0.0609. The highest BCUT2D eigenvalue weighted by molar-refractivity contribution is 6.33. The third-order valence-corrected chi connectivity index (χ3v) is 7.14. The molecule has 0 atom stereocenters. The van der Waals surface area contributed by atoms with Gasteiger partial charge in [0.2, 0.25) is 0 Å². The number of aliphatic hydroxyl groups is 1. The lowest BCUT2D eigenvalue weighted by molar-refractivity contribution is 0.0283. The van der Waals surface area contributed by atoms with Crippen molar-refractivity contribution in [1.29, 1.82) is 5.26 Å². The smallest absolute Gasteiger partial charge is 0.271 e. The number of rotatable bonds is 8. The number of halogens is 1. The van der Waals surface area contributed by atoms with E-state index in [2.05, 4.69) is 43.1 Å². The summed E-state index contributed by atoms with van der Waals surface area (Å²) in [6, 6.07) is 7.22. The maximum absolute atomic E-state index is 12.8. The Morgan fingerprint density at radius 2 is 2.15 bits per heavy atom. The molecule has 1 fully saturated rings. The average molecular weight is 577 g/mol. The van der Waals surface area contributed by atoms with Gasteiger partial charge in [-0.1, -0.05) is 11.6 Å². The fourth-order valence-corrected chi connectivity index (χ4v) is 4.69. The highest BCUT2D eigenvalue weighted by atomic mass is 35.5. The molecule has 1 aliphatic heterocycles. The third-order valence-electron chi connectivity index (χ3n) is 6.83. The van der Waals surface area contributed by atoms with E-state index in [4.69, 9.17) is 16.3 Å². The van der Waals surface area contributed by atoms with Gasteiger partial charge in [-0.25, -0.2) is 14.5 Å². The molecule has 1 amide bonds. The minimum atomic E-state index is -1.04. The Morgan fingerprint density at radius 3 is 2.78 bits per heavy atom. The number of carbonyl (C=O) groups excluding carboxylic acids is 1. The van der Waals surface area contributed by atoms with Gasteiger partial charge in [0.1, 0.15) is 30.0 Å². The first-order chi connectivity index (χ1) is 19.4. The van der Waals surface area contributed by atoms with E-state index in [0.717, 1.165) is 5.84 Å². The van der Waals surface area contributed by atoms with Crippen LogP contribution >= 0.6 is 11.6 Å². The first-order valence-corrected chi connectivity index (χ1v) is 13.5. The highest BCUT2D eigenvalue weighted by Gasteiger charge is 2.33. The first kappa shape index (κ1) is 29.7. The van der Waals surface area contributed by atoms with E-state index in [0.29, 0.717) is 59.0 Å². The van der Waals surface area contributed by atoms with Crippen LogP contribution in [0.25, 0.3) is 11.2 Å². The quantitative estimate of drug-likeness (QED) is 0.304. The van der Waals surface area contributed by atoms with Gasteiger partial charge in [-0.3, -0.25) is 9.79 Å². The van der Waals surface area contributed by atoms with Crippen molar-refractivity contribution in [2.75, 3.05) is 19.7 Å². The molecule has 4 rings (SSSR count). The predicted octanol–water partition coefficient (Wildman–Crippen LogP) is 4.11. The van der Waals surface area contributed by atoms with Gasteiger partial charge in [0.15, 0.2) is 0 Å². The predicted molar refractivity (Wildman–Crippen MR) is 158 cm³/mol. The molecule has 11 nitrogen and oxygen atoms in total. The van der Waals surface area contributed by atoms with E-state index < -0.39 is 11.1 Å². The third kappa shape index (κ3) is 7.09. The number of nitrogens with zero attached hydrogens (tertiary/aromatic N) is 7. The fourth-order valence-electron chi connectivity index (χ4n) is 4.48. The fraction of sp³-hybridized carbons (Fsp3) is 0.379. The molecule has 214 valence electrons. The van der Waals surface area contributed by atoms with Crippen molar-refractivity contribution in [3.63, 3.8) is 0 Å². The number of piperidine rings is 1. The van der Waals surface area contributed by atoms with Crippen molar-refractivity contribution in [2.24, 2.45) is 9.98 Å². The largest absolute Gasteiger partial charge is 0.489 e. The number of hydrogen-bond acceptors (Lipinski definition) is 8. The molecule has 2 N–H and O–H groups in total. The minimum Gasteiger partial charge on any atom is -0.489 e. The summed E-state index contributed by atoms with van der Waals surface area (Å²) >= 11 is 6.15. The van der Waals surface area contributed by atoms with Crippen molar-refractivity contribution in [2.45, 2.75) is 51.7 Å². The van der Waals surface area contributed by atoms with E-state index in [1.165, 1.54) is 6.20 Å². The van der Waals surface area contributed by atoms with Gasteiger partial charge in [-0.15, -0.1) is 0 Å². The van der Waals surface area contributed by atoms with Crippen LogP contribution in [0.4, 0.5) is 0 Å². The second-order valence-electron chi connectivity index (χ2n) is 10.8. The Bertz CT molecular complexity index is 1560. The number of carbonyl (C=O) groups is 1. The molecule has 0 aromatic carbocycles. The van der Waals surface area contributed by atoms with E-state index >= 15 is 0 Å². The molecule has 0 radical (unpaired) electrons. The lowest BCUT2D eigenvalue weighted by Crippen LogP contribution is -2.54. The molecule has 12 heteroatoms. The Morgan fingerprint density at radius 1 is 1.41 bits per heavy atom. The van der Waals surface area contributed by atoms with Gasteiger partial charge in [0, 0.05) is 30.4 Å². The summed E-state index contributed by atoms with van der Waals surface area (Å²) in [6.45, 7) is 12.4. The van der Waals surface area contributed by atoms with Crippen LogP contribution in [0.15, 0.2) is 53.0 Å². The van der Waals surface area contributed by atoms with Crippen molar-refractivity contribution in [3.8, 4) is 11.8 Å². The van der Waals surface area contributed by atoms with Crippen LogP contribution in [0.1, 0.15) is 62.2 Å². The number of fused-ring (bicyclic) bond motifs is 1. The molecule has 4 heterocycles. The Kier molecular flexibility index (Phi) is 8.75. The molecule has 0 aliphatic carbocycles. The maximum atomic E-state index is 12.8. The summed E-state index contributed by atoms with van der Waals surface area (Å²) in [7, 11) is 0. The van der Waals surface area contributed by atoms with E-state index in [1.54, 1.807) is 55.2 Å². The van der Waals surface area contributed by atoms with Gasteiger partial charge in [0.05, 0.1) is 46.0 Å². The topological polar surface area (TPSA) is 140 Å². The number of ether oxygens (including phenoxy) is 1. The van der Waals surface area contributed by atoms with Crippen LogP contribution in [0, 0.1) is 11.3 Å². The lowest BCUT2D eigenvalue weighted by Gasteiger charge is -2.40. The molecule has 0 bridgehead atoms. The lowest BCUT2D eigenvalue weighted by atomic mass is 9.89. The highest BCUT2D eigenvalue weighted by Crippen LogP contribution is 2.29. The van der Waals surface area contributed by atoms with Crippen molar-refractivity contribution >= 4 is 41.3 Å². The molecule has 1 aliphatic rings. The number of nitriles is 1. The Balaban J connectivity index is 1.52. The van der Waals surface area contributed by atoms with Gasteiger partial charge in [0.25, 0.3) is 5.91 Å². The Labute approximate surface area is 243 Å². The molecular weight excluding hydrogens is 544 g/mol. The molecule has 3 aromatic rings. The summed E-state index contributed by atoms with van der Waals surface area (Å²) in [5.41, 5.74) is 0.685. The molecule has 41 heavy (non-hydrogen) atoms. The zero-order chi connectivity index (χ0) is 29.8. The zero-order valence-electron chi connectivity index (χ0n) is 23.6. The van der Waals surface area contributed by atoms with Crippen LogP contribution < -0.4 is 10.1 Å². The van der Waals surface area contributed by atoms with E-state index in [9.17, 15) is 15.2 Å². The number of hydrogen-bond donors (Lipinski definition) is 2. The Hall–Kier alpha value is -4.27. The molecule has 3 aromatic heterocycles. The first-order valence-electron chi connectivity index (χ1n) is 13.1. The van der Waals surface area contributed by atoms with Crippen LogP contribution in [-0.4, -0.2) is 73.9 Å². The summed E-state index contributed by atoms with van der Waals surface area (Å²) in [6.07, 6.45) is 7.67. The average Bonchev–Trinajstić information content (AvgIpc) is 3.35. The standard InChI is InChI=1S/C29H33ClN8O3/c1-19(37-11-8-29(4,9-12-37)36-27(39)25-23(30)7-6-10-33-25)34-16-24(32-5)22-13-21(41-18-28(2,3)40)17-38-26(22)20(14-31)15-35-38/h6-7,10,13,15-17,40H,5,8-9,11-12,18H2,1-4H3,(H,36,39)/b24-16-,34-19+. The summed E-state index contributed by atoms with van der Waals surface area (Å²) in [5, 5.41) is 27.4. The number of aromatic nitrogens is 3. The van der Waals surface area contributed by atoms with Crippen LogP contribution in [0.2, 0.25) is 5.02 Å². The summed E-state index contributed by atoms with van der Waals surface area (Å²) in [5.74, 6) is 0.923. The zero-order valence-corrected chi connectivity index (χ0v) is 24.3. The summed E-state index contributed by atoms with van der Waals surface area (Å²) in [4.78, 5) is 27.9. The number of amides is 1. The number of aliphatic imine (C=N–C) groups is 2. The van der Waals surface area contributed by atoms with Crippen LogP contribution in [-0.2, 0) is 0 Å². The van der Waals surface area contributed by atoms with Crippen LogP contribution in [0.3, 0.4) is 0 Å². The van der Waals surface area contributed by atoms with Gasteiger partial charge < -0.3 is 20.1 Å². The number of pyridine rings is 2. The normalized spacial score (nSPS) is 15.9. The molecule has 0 unspecified atom stereocenters. The van der Waals surface area contributed by atoms with Gasteiger partial charge >= 0.3 is 0 Å². The second kappa shape index (κ2) is 12.1. The second-order valence-corrected chi connectivity index (χ2v) is 11.2. The molecule has 0 saturated carbocycles.